The van der Waals surface area contributed by atoms with Crippen LogP contribution >= 0.6 is 11.3 Å². The van der Waals surface area contributed by atoms with Gasteiger partial charge in [-0.3, -0.25) is 0 Å². The summed E-state index contributed by atoms with van der Waals surface area (Å²) in [7, 11) is -0.675. The van der Waals surface area contributed by atoms with Crippen LogP contribution in [0.1, 0.15) is 52.5 Å². The Morgan fingerprint density at radius 3 is 2.43 bits per heavy atom. The molecule has 0 unspecified atom stereocenters. The quantitative estimate of drug-likeness (QED) is 0.789. The highest BCUT2D eigenvalue weighted by Gasteiger charge is 2.52. The molecule has 0 N–H and O–H groups in total. The number of aryl methyl sites for hydroxylation is 1. The maximum atomic E-state index is 15.0. The molecule has 1 fully saturated rings. The van der Waals surface area contributed by atoms with Crippen LogP contribution in [0, 0.1) is 5.82 Å². The molecule has 6 heteroatoms. The first kappa shape index (κ1) is 16.9. The number of nitrogens with zero attached hydrogens (tertiary/aromatic N) is 1. The van der Waals surface area contributed by atoms with Crippen molar-refractivity contribution in [3.05, 3.63) is 23.0 Å². The first-order chi connectivity index (χ1) is 10.7. The van der Waals surface area contributed by atoms with Crippen LogP contribution in [0.15, 0.2) is 12.1 Å². The third-order valence-electron chi connectivity index (χ3n) is 4.82. The Labute approximate surface area is 141 Å². The van der Waals surface area contributed by atoms with Crippen LogP contribution in [0.2, 0.25) is 0 Å². The molecule has 1 aromatic heterocycles. The summed E-state index contributed by atoms with van der Waals surface area (Å²) in [6.07, 6.45) is 3.09. The normalized spacial score (nSPS) is 19.7. The van der Waals surface area contributed by atoms with Crippen molar-refractivity contribution in [3.63, 3.8) is 0 Å². The molecule has 0 bridgehead atoms. The molecule has 0 aliphatic carbocycles. The molecule has 0 amide bonds. The molecule has 3 rings (SSSR count). The molecular weight excluding hydrogens is 312 g/mol. The van der Waals surface area contributed by atoms with Gasteiger partial charge in [-0.25, -0.2) is 9.37 Å². The molecule has 3 nitrogen and oxygen atoms in total. The summed E-state index contributed by atoms with van der Waals surface area (Å²) in [5, 5.41) is 0.992. The first-order valence-electron chi connectivity index (χ1n) is 8.18. The Balaban J connectivity index is 1.95. The number of benzene rings is 1. The summed E-state index contributed by atoms with van der Waals surface area (Å²) in [6, 6.07) is 3.61. The molecule has 124 valence electrons. The Hall–Kier alpha value is -0.975. The SMILES string of the molecule is CCCCc1nc2ccc(B3OC(C)(C)C(C)(C)O3)c(F)c2s1. The van der Waals surface area contributed by atoms with Gasteiger partial charge in [-0.15, -0.1) is 11.3 Å². The molecule has 1 saturated heterocycles. The van der Waals surface area contributed by atoms with Gasteiger partial charge in [-0.1, -0.05) is 19.4 Å². The van der Waals surface area contributed by atoms with Gasteiger partial charge < -0.3 is 9.31 Å². The van der Waals surface area contributed by atoms with Gasteiger partial charge in [0.1, 0.15) is 5.82 Å². The molecule has 23 heavy (non-hydrogen) atoms. The van der Waals surface area contributed by atoms with E-state index < -0.39 is 18.3 Å². The van der Waals surface area contributed by atoms with Crippen LogP contribution in [0.3, 0.4) is 0 Å². The zero-order valence-corrected chi connectivity index (χ0v) is 15.2. The average molecular weight is 335 g/mol. The third kappa shape index (κ3) is 2.92. The minimum atomic E-state index is -0.675. The van der Waals surface area contributed by atoms with Gasteiger partial charge in [-0.2, -0.15) is 0 Å². The molecular formula is C17H23BFNO2S. The van der Waals surface area contributed by atoms with Crippen molar-refractivity contribution < 1.29 is 13.7 Å². The van der Waals surface area contributed by atoms with Gasteiger partial charge in [-0.05, 0) is 46.6 Å². The van der Waals surface area contributed by atoms with Crippen LogP contribution in [0.5, 0.6) is 0 Å². The summed E-state index contributed by atoms with van der Waals surface area (Å²) in [5.74, 6) is -0.263. The molecule has 0 spiro atoms. The van der Waals surface area contributed by atoms with E-state index in [4.69, 9.17) is 9.31 Å². The monoisotopic (exact) mass is 335 g/mol. The number of thiazole rings is 1. The van der Waals surface area contributed by atoms with Crippen molar-refractivity contribution in [2.75, 3.05) is 0 Å². The van der Waals surface area contributed by atoms with Crippen molar-refractivity contribution in [1.29, 1.82) is 0 Å². The molecule has 1 aliphatic heterocycles. The van der Waals surface area contributed by atoms with Crippen LogP contribution in [-0.4, -0.2) is 23.3 Å². The minimum absolute atomic E-state index is 0.263. The molecule has 2 aromatic rings. The van der Waals surface area contributed by atoms with E-state index in [1.54, 1.807) is 6.07 Å². The van der Waals surface area contributed by atoms with Crippen molar-refractivity contribution in [2.45, 2.75) is 65.1 Å². The first-order valence-corrected chi connectivity index (χ1v) is 9.00. The lowest BCUT2D eigenvalue weighted by Gasteiger charge is -2.32. The standard InChI is InChI=1S/C17H23BFNO2S/c1-6-7-8-13-20-12-10-9-11(14(19)15(12)23-13)18-21-16(2,3)17(4,5)22-18/h9-10H,6-8H2,1-5H3. The molecule has 0 radical (unpaired) electrons. The van der Waals surface area contributed by atoms with E-state index in [0.29, 0.717) is 10.2 Å². The number of halogens is 1. The van der Waals surface area contributed by atoms with Crippen LogP contribution < -0.4 is 5.46 Å². The van der Waals surface area contributed by atoms with E-state index in [1.807, 2.05) is 33.8 Å². The Morgan fingerprint density at radius 2 is 1.83 bits per heavy atom. The Kier molecular flexibility index (Phi) is 4.28. The molecule has 0 atom stereocenters. The molecule has 1 aromatic carbocycles. The third-order valence-corrected chi connectivity index (χ3v) is 5.95. The summed E-state index contributed by atoms with van der Waals surface area (Å²) < 4.78 is 27.5. The lowest BCUT2D eigenvalue weighted by molar-refractivity contribution is 0.00578. The second-order valence-corrected chi connectivity index (χ2v) is 8.20. The van der Waals surface area contributed by atoms with Gasteiger partial charge in [0.25, 0.3) is 0 Å². The highest BCUT2D eigenvalue weighted by molar-refractivity contribution is 7.18. The van der Waals surface area contributed by atoms with E-state index in [9.17, 15) is 4.39 Å². The van der Waals surface area contributed by atoms with E-state index in [-0.39, 0.29) is 5.82 Å². The second kappa shape index (κ2) is 5.83. The van der Waals surface area contributed by atoms with Crippen LogP contribution in [-0.2, 0) is 15.7 Å². The van der Waals surface area contributed by atoms with Gasteiger partial charge in [0.05, 0.1) is 26.4 Å². The smallest absolute Gasteiger partial charge is 0.399 e. The number of unbranched alkanes of at least 4 members (excludes halogenated alkanes) is 1. The lowest BCUT2D eigenvalue weighted by Crippen LogP contribution is -2.41. The van der Waals surface area contributed by atoms with Crippen molar-refractivity contribution in [3.8, 4) is 0 Å². The number of aromatic nitrogens is 1. The second-order valence-electron chi connectivity index (χ2n) is 7.12. The van der Waals surface area contributed by atoms with E-state index in [2.05, 4.69) is 11.9 Å². The van der Waals surface area contributed by atoms with Crippen LogP contribution in [0.4, 0.5) is 4.39 Å². The van der Waals surface area contributed by atoms with Crippen molar-refractivity contribution >= 4 is 34.1 Å². The maximum Gasteiger partial charge on any atom is 0.497 e. The van der Waals surface area contributed by atoms with Crippen molar-refractivity contribution in [1.82, 2.24) is 4.98 Å². The zero-order valence-electron chi connectivity index (χ0n) is 14.4. The number of hydrogen-bond acceptors (Lipinski definition) is 4. The van der Waals surface area contributed by atoms with E-state index >= 15 is 0 Å². The van der Waals surface area contributed by atoms with E-state index in [0.717, 1.165) is 29.8 Å². The number of rotatable bonds is 4. The molecule has 0 saturated carbocycles. The minimum Gasteiger partial charge on any atom is -0.399 e. The molecule has 1 aliphatic rings. The fraction of sp³-hybridized carbons (Fsp3) is 0.588. The number of fused-ring (bicyclic) bond motifs is 1. The Morgan fingerprint density at radius 1 is 1.17 bits per heavy atom. The highest BCUT2D eigenvalue weighted by Crippen LogP contribution is 2.37. The number of hydrogen-bond donors (Lipinski definition) is 0. The Bertz CT molecular complexity index is 713. The summed E-state index contributed by atoms with van der Waals surface area (Å²) >= 11 is 1.44. The van der Waals surface area contributed by atoms with Gasteiger partial charge in [0.2, 0.25) is 0 Å². The van der Waals surface area contributed by atoms with Crippen LogP contribution in [0.25, 0.3) is 10.2 Å². The topological polar surface area (TPSA) is 31.4 Å². The van der Waals surface area contributed by atoms with E-state index in [1.165, 1.54) is 11.3 Å². The fourth-order valence-electron chi connectivity index (χ4n) is 2.61. The highest BCUT2D eigenvalue weighted by atomic mass is 32.1. The predicted molar refractivity (Wildman–Crippen MR) is 93.9 cm³/mol. The van der Waals surface area contributed by atoms with Gasteiger partial charge in [0, 0.05) is 5.46 Å². The summed E-state index contributed by atoms with van der Waals surface area (Å²) in [5.41, 5.74) is 0.235. The largest absolute Gasteiger partial charge is 0.497 e. The van der Waals surface area contributed by atoms with Crippen molar-refractivity contribution in [2.24, 2.45) is 0 Å². The zero-order chi connectivity index (χ0) is 16.8. The average Bonchev–Trinajstić information content (AvgIpc) is 2.96. The summed E-state index contributed by atoms with van der Waals surface area (Å²) in [4.78, 5) is 4.53. The fourth-order valence-corrected chi connectivity index (χ4v) is 3.66. The van der Waals surface area contributed by atoms with Gasteiger partial charge >= 0.3 is 7.12 Å². The molecule has 2 heterocycles. The van der Waals surface area contributed by atoms with Gasteiger partial charge in [0.15, 0.2) is 0 Å². The summed E-state index contributed by atoms with van der Waals surface area (Å²) in [6.45, 7) is 10.0. The maximum absolute atomic E-state index is 15.0. The predicted octanol–water partition coefficient (Wildman–Crippen LogP) is 4.08. The lowest BCUT2D eigenvalue weighted by atomic mass is 9.78.